The molecule has 0 saturated heterocycles. The van der Waals surface area contributed by atoms with Gasteiger partial charge in [0.1, 0.15) is 5.75 Å². The first-order chi connectivity index (χ1) is 16.5. The van der Waals surface area contributed by atoms with Crippen molar-refractivity contribution in [1.82, 2.24) is 0 Å². The lowest BCUT2D eigenvalue weighted by atomic mass is 9.80. The fourth-order valence-corrected chi connectivity index (χ4v) is 4.10. The molecule has 34 heavy (non-hydrogen) atoms. The van der Waals surface area contributed by atoms with Crippen LogP contribution in [0, 0.1) is 0 Å². The molecule has 0 saturated carbocycles. The van der Waals surface area contributed by atoms with Gasteiger partial charge in [0.05, 0.1) is 20.8 Å². The Morgan fingerprint density at radius 1 is 0.794 bits per heavy atom. The molecule has 1 N–H and O–H groups in total. The van der Waals surface area contributed by atoms with Crippen LogP contribution in [-0.2, 0) is 39.1 Å². The van der Waals surface area contributed by atoms with Crippen molar-refractivity contribution >= 4 is 5.97 Å². The number of esters is 1. The molecule has 0 spiro atoms. The molecule has 0 aliphatic carbocycles. The lowest BCUT2D eigenvalue weighted by Gasteiger charge is -2.38. The van der Waals surface area contributed by atoms with E-state index in [0.29, 0.717) is 17.5 Å². The van der Waals surface area contributed by atoms with Crippen molar-refractivity contribution < 1.29 is 24.1 Å². The molecule has 0 radical (unpaired) electrons. The summed E-state index contributed by atoms with van der Waals surface area (Å²) >= 11 is 0. The van der Waals surface area contributed by atoms with Crippen LogP contribution in [-0.4, -0.2) is 38.0 Å². The molecule has 1 atom stereocenters. The van der Waals surface area contributed by atoms with Crippen LogP contribution in [0.4, 0.5) is 0 Å². The van der Waals surface area contributed by atoms with Gasteiger partial charge in [-0.3, -0.25) is 0 Å². The van der Waals surface area contributed by atoms with Gasteiger partial charge in [0.15, 0.2) is 11.7 Å². The number of carbonyl (C=O) groups excluding carboxylic acids is 1. The van der Waals surface area contributed by atoms with Gasteiger partial charge in [-0.15, -0.1) is 0 Å². The second-order valence-electron chi connectivity index (χ2n) is 8.21. The zero-order chi connectivity index (χ0) is 24.6. The van der Waals surface area contributed by atoms with E-state index in [1.807, 2.05) is 72.8 Å². The van der Waals surface area contributed by atoms with Crippen molar-refractivity contribution in [2.45, 2.75) is 44.8 Å². The molecule has 0 fully saturated rings. The number of aryl methyl sites for hydroxylation is 2. The highest BCUT2D eigenvalue weighted by Crippen LogP contribution is 2.38. The fraction of sp³-hybridized carbons (Fsp3) is 0.345. The number of carbonyl (C=O) groups is 1. The number of hydrogen-bond acceptors (Lipinski definition) is 5. The molecule has 3 aromatic rings. The molecule has 1 unspecified atom stereocenters. The third-order valence-electron chi connectivity index (χ3n) is 6.27. The summed E-state index contributed by atoms with van der Waals surface area (Å²) in [6.45, 7) is 4.45. The molecule has 5 nitrogen and oxygen atoms in total. The second-order valence-corrected chi connectivity index (χ2v) is 8.21. The number of aliphatic hydroxyl groups excluding tert-OH is 1. The van der Waals surface area contributed by atoms with Crippen molar-refractivity contribution in [3.05, 3.63) is 101 Å². The zero-order valence-electron chi connectivity index (χ0n) is 20.4. The number of hydrogen-bond donors (Lipinski definition) is 1. The Labute approximate surface area is 202 Å². The third kappa shape index (κ3) is 5.49. The van der Waals surface area contributed by atoms with Crippen LogP contribution in [0.2, 0.25) is 0 Å². The molecule has 3 rings (SSSR count). The molecule has 3 aromatic carbocycles. The number of benzene rings is 3. The summed E-state index contributed by atoms with van der Waals surface area (Å²) < 4.78 is 16.7. The highest BCUT2D eigenvalue weighted by atomic mass is 16.6. The molecular formula is C29H34O5. The lowest BCUT2D eigenvalue weighted by molar-refractivity contribution is -0.170. The maximum absolute atomic E-state index is 12.7. The SMILES string of the molecule is CCc1ccc(C(OCCc2ccc(OC)cc2)(c2ccc(CC)cc2)C(O)C(=O)OC)cc1. The van der Waals surface area contributed by atoms with Crippen molar-refractivity contribution in [2.75, 3.05) is 20.8 Å². The minimum absolute atomic E-state index is 0.283. The average Bonchev–Trinajstić information content (AvgIpc) is 2.91. The molecule has 0 amide bonds. The first kappa shape index (κ1) is 25.5. The molecule has 0 aliphatic heterocycles. The van der Waals surface area contributed by atoms with Gasteiger partial charge in [-0.05, 0) is 59.2 Å². The van der Waals surface area contributed by atoms with Gasteiger partial charge in [0, 0.05) is 0 Å². The largest absolute Gasteiger partial charge is 0.497 e. The Hall–Kier alpha value is -3.15. The fourth-order valence-electron chi connectivity index (χ4n) is 4.10. The van der Waals surface area contributed by atoms with Gasteiger partial charge in [0.25, 0.3) is 0 Å². The van der Waals surface area contributed by atoms with Crippen LogP contribution in [0.1, 0.15) is 41.7 Å². The van der Waals surface area contributed by atoms with Crippen LogP contribution >= 0.6 is 0 Å². The highest BCUT2D eigenvalue weighted by molar-refractivity contribution is 5.77. The van der Waals surface area contributed by atoms with Gasteiger partial charge >= 0.3 is 5.97 Å². The summed E-state index contributed by atoms with van der Waals surface area (Å²) in [4.78, 5) is 12.7. The van der Waals surface area contributed by atoms with Gasteiger partial charge in [-0.1, -0.05) is 74.5 Å². The second kappa shape index (κ2) is 11.8. The highest BCUT2D eigenvalue weighted by Gasteiger charge is 2.47. The van der Waals surface area contributed by atoms with Crippen molar-refractivity contribution in [3.8, 4) is 5.75 Å². The number of rotatable bonds is 11. The zero-order valence-corrected chi connectivity index (χ0v) is 20.4. The topological polar surface area (TPSA) is 65.0 Å². The van der Waals surface area contributed by atoms with Gasteiger partial charge in [-0.2, -0.15) is 0 Å². The smallest absolute Gasteiger partial charge is 0.338 e. The summed E-state index contributed by atoms with van der Waals surface area (Å²) in [5.74, 6) is 0.0377. The van der Waals surface area contributed by atoms with E-state index >= 15 is 0 Å². The lowest BCUT2D eigenvalue weighted by Crippen LogP contribution is -2.48. The maximum Gasteiger partial charge on any atom is 0.338 e. The quantitative estimate of drug-likeness (QED) is 0.413. The normalized spacial score (nSPS) is 12.3. The Balaban J connectivity index is 2.05. The summed E-state index contributed by atoms with van der Waals surface area (Å²) in [7, 11) is 2.91. The Morgan fingerprint density at radius 3 is 1.68 bits per heavy atom. The standard InChI is InChI=1S/C29H34O5/c1-5-21-7-13-24(14-8-21)29(27(30)28(31)33-4,25-15-9-22(6-2)10-16-25)34-20-19-23-11-17-26(32-3)18-12-23/h7-18,27,30H,5-6,19-20H2,1-4H3. The van der Waals surface area contributed by atoms with Crippen LogP contribution in [0.3, 0.4) is 0 Å². The first-order valence-corrected chi connectivity index (χ1v) is 11.7. The Morgan fingerprint density at radius 2 is 1.26 bits per heavy atom. The molecule has 0 aliphatic rings. The van der Waals surface area contributed by atoms with Crippen LogP contribution in [0.5, 0.6) is 5.75 Å². The van der Waals surface area contributed by atoms with E-state index in [1.165, 1.54) is 7.11 Å². The molecule has 0 bridgehead atoms. The number of ether oxygens (including phenoxy) is 3. The summed E-state index contributed by atoms with van der Waals surface area (Å²) in [5, 5.41) is 11.3. The number of methoxy groups -OCH3 is 2. The van der Waals surface area contributed by atoms with E-state index in [-0.39, 0.29) is 6.61 Å². The van der Waals surface area contributed by atoms with Gasteiger partial charge in [0.2, 0.25) is 0 Å². The third-order valence-corrected chi connectivity index (χ3v) is 6.27. The monoisotopic (exact) mass is 462 g/mol. The van der Waals surface area contributed by atoms with E-state index in [9.17, 15) is 9.90 Å². The van der Waals surface area contributed by atoms with Gasteiger partial charge in [-0.25, -0.2) is 4.79 Å². The van der Waals surface area contributed by atoms with Crippen LogP contribution < -0.4 is 4.74 Å². The van der Waals surface area contributed by atoms with E-state index in [1.54, 1.807) is 7.11 Å². The van der Waals surface area contributed by atoms with E-state index < -0.39 is 17.7 Å². The van der Waals surface area contributed by atoms with E-state index in [4.69, 9.17) is 14.2 Å². The van der Waals surface area contributed by atoms with Gasteiger partial charge < -0.3 is 19.3 Å². The Kier molecular flexibility index (Phi) is 8.85. The minimum Gasteiger partial charge on any atom is -0.497 e. The maximum atomic E-state index is 12.7. The molecule has 180 valence electrons. The first-order valence-electron chi connectivity index (χ1n) is 11.7. The van der Waals surface area contributed by atoms with Crippen molar-refractivity contribution in [1.29, 1.82) is 0 Å². The predicted octanol–water partition coefficient (Wildman–Crippen LogP) is 4.86. The molecule has 5 heteroatoms. The van der Waals surface area contributed by atoms with Crippen LogP contribution in [0.15, 0.2) is 72.8 Å². The molecule has 0 aromatic heterocycles. The van der Waals surface area contributed by atoms with E-state index in [0.717, 1.165) is 35.3 Å². The van der Waals surface area contributed by atoms with E-state index in [2.05, 4.69) is 13.8 Å². The van der Waals surface area contributed by atoms with Crippen LogP contribution in [0.25, 0.3) is 0 Å². The van der Waals surface area contributed by atoms with Crippen molar-refractivity contribution in [3.63, 3.8) is 0 Å². The molecular weight excluding hydrogens is 428 g/mol. The molecule has 0 heterocycles. The van der Waals surface area contributed by atoms with Crippen molar-refractivity contribution in [2.24, 2.45) is 0 Å². The predicted molar refractivity (Wildman–Crippen MR) is 133 cm³/mol. The summed E-state index contributed by atoms with van der Waals surface area (Å²) in [6.07, 6.45) is 0.820. The average molecular weight is 463 g/mol. The minimum atomic E-state index is -1.55. The Bertz CT molecular complexity index is 992. The summed E-state index contributed by atoms with van der Waals surface area (Å²) in [6, 6.07) is 23.5. The number of aliphatic hydroxyl groups is 1. The summed E-state index contributed by atoms with van der Waals surface area (Å²) in [5.41, 5.74) is 3.35.